The van der Waals surface area contributed by atoms with E-state index in [2.05, 4.69) is 4.72 Å². The van der Waals surface area contributed by atoms with Gasteiger partial charge in [0, 0.05) is 27.2 Å². The Kier molecular flexibility index (Phi) is 6.23. The van der Waals surface area contributed by atoms with Crippen molar-refractivity contribution in [2.45, 2.75) is 34.4 Å². The number of rotatable bonds is 6. The Balaban J connectivity index is 1.94. The van der Waals surface area contributed by atoms with E-state index < -0.39 is 26.2 Å². The van der Waals surface area contributed by atoms with Crippen LogP contribution in [0.4, 0.5) is 15.8 Å². The average molecular weight is 462 g/mol. The molecule has 1 aliphatic heterocycles. The smallest absolute Gasteiger partial charge is 0.271 e. The largest absolute Gasteiger partial charge is 0.367 e. The molecule has 3 rings (SSSR count). The van der Waals surface area contributed by atoms with Gasteiger partial charge in [-0.25, -0.2) is 25.5 Å². The number of anilines is 2. The van der Waals surface area contributed by atoms with E-state index >= 15 is 0 Å². The van der Waals surface area contributed by atoms with Crippen molar-refractivity contribution < 1.29 is 21.2 Å². The van der Waals surface area contributed by atoms with Gasteiger partial charge in [0.2, 0.25) is 0 Å². The minimum absolute atomic E-state index is 0.0522. The fourth-order valence-electron chi connectivity index (χ4n) is 3.25. The van der Waals surface area contributed by atoms with Crippen LogP contribution in [0.2, 0.25) is 0 Å². The Hall–Kier alpha value is -1.69. The van der Waals surface area contributed by atoms with Crippen LogP contribution < -0.4 is 9.62 Å². The third-order valence-electron chi connectivity index (χ3n) is 4.72. The van der Waals surface area contributed by atoms with Crippen molar-refractivity contribution in [1.29, 1.82) is 0 Å². The quantitative estimate of drug-likeness (QED) is 0.715. The molecule has 1 N–H and O–H groups in total. The molecule has 1 saturated heterocycles. The Morgan fingerprint density at radius 1 is 1.14 bits per heavy atom. The normalized spacial score (nSPS) is 18.2. The van der Waals surface area contributed by atoms with Crippen molar-refractivity contribution in [2.24, 2.45) is 0 Å². The van der Waals surface area contributed by atoms with Crippen molar-refractivity contribution in [2.75, 3.05) is 36.8 Å². The van der Waals surface area contributed by atoms with E-state index in [9.17, 15) is 21.2 Å². The van der Waals surface area contributed by atoms with E-state index in [1.807, 2.05) is 17.9 Å². The minimum atomic E-state index is -4.00. The number of hydrogen-bond donors (Lipinski definition) is 1. The Morgan fingerprint density at radius 2 is 1.83 bits per heavy atom. The van der Waals surface area contributed by atoms with Gasteiger partial charge in [-0.1, -0.05) is 12.1 Å². The number of piperidine rings is 1. The van der Waals surface area contributed by atoms with Crippen LogP contribution >= 0.6 is 11.3 Å². The monoisotopic (exact) mass is 461 g/mol. The van der Waals surface area contributed by atoms with Crippen molar-refractivity contribution in [3.05, 3.63) is 35.9 Å². The fraction of sp³-hybridized carbons (Fsp3) is 0.444. The summed E-state index contributed by atoms with van der Waals surface area (Å²) < 4.78 is 67.7. The first-order valence-electron chi connectivity index (χ1n) is 9.06. The van der Waals surface area contributed by atoms with E-state index in [1.54, 1.807) is 12.1 Å². The third kappa shape index (κ3) is 4.57. The number of aryl methyl sites for hydroxylation is 1. The molecule has 0 aliphatic carbocycles. The molecule has 7 nitrogen and oxygen atoms in total. The highest BCUT2D eigenvalue weighted by Crippen LogP contribution is 2.35. The molecule has 1 aliphatic rings. The van der Waals surface area contributed by atoms with Gasteiger partial charge >= 0.3 is 0 Å². The molecule has 11 heteroatoms. The zero-order chi connectivity index (χ0) is 21.4. The molecule has 0 bridgehead atoms. The van der Waals surface area contributed by atoms with Crippen molar-refractivity contribution in [1.82, 2.24) is 4.31 Å². The topological polar surface area (TPSA) is 86.8 Å². The summed E-state index contributed by atoms with van der Waals surface area (Å²) in [6, 6.07) is 7.76. The lowest BCUT2D eigenvalue weighted by atomic mass is 10.1. The van der Waals surface area contributed by atoms with Gasteiger partial charge < -0.3 is 4.90 Å². The SMILES string of the molecule is Cc1cccc(NS(=O)(=O)c2ccc(S(=O)(=O)N(C)C)s2)c1N1CCCC(F)C1. The van der Waals surface area contributed by atoms with E-state index in [0.717, 1.165) is 9.87 Å². The number of hydrogen-bond acceptors (Lipinski definition) is 6. The summed E-state index contributed by atoms with van der Waals surface area (Å²) in [7, 11) is -4.95. The molecule has 29 heavy (non-hydrogen) atoms. The van der Waals surface area contributed by atoms with Crippen LogP contribution in [-0.4, -0.2) is 54.5 Å². The number of alkyl halides is 1. The molecule has 0 saturated carbocycles. The molecule has 0 amide bonds. The predicted octanol–water partition coefficient (Wildman–Crippen LogP) is 3.05. The molecular formula is C18H24FN3O4S3. The van der Waals surface area contributed by atoms with Crippen LogP contribution in [0.25, 0.3) is 0 Å². The molecule has 1 fully saturated rings. The lowest BCUT2D eigenvalue weighted by Crippen LogP contribution is -2.37. The maximum absolute atomic E-state index is 13.9. The van der Waals surface area contributed by atoms with E-state index in [-0.39, 0.29) is 15.0 Å². The molecule has 0 spiro atoms. The number of thiophene rings is 1. The maximum Gasteiger partial charge on any atom is 0.271 e. The van der Waals surface area contributed by atoms with Gasteiger partial charge in [-0.3, -0.25) is 4.72 Å². The molecule has 160 valence electrons. The average Bonchev–Trinajstić information content (AvgIpc) is 3.13. The standard InChI is InChI=1S/C18H24FN3O4S3/c1-13-6-4-8-15(18(13)22-11-5-7-14(19)12-22)20-28(23,24)16-9-10-17(27-16)29(25,26)21(2)3/h4,6,8-10,14,20H,5,7,11-12H2,1-3H3. The molecule has 2 heterocycles. The first kappa shape index (κ1) is 22.0. The minimum Gasteiger partial charge on any atom is -0.367 e. The fourth-order valence-corrected chi connectivity index (χ4v) is 7.25. The highest BCUT2D eigenvalue weighted by atomic mass is 32.3. The highest BCUT2D eigenvalue weighted by Gasteiger charge is 2.27. The Labute approximate surface area is 175 Å². The van der Waals surface area contributed by atoms with E-state index in [4.69, 9.17) is 0 Å². The van der Waals surface area contributed by atoms with Gasteiger partial charge in [0.1, 0.15) is 14.6 Å². The van der Waals surface area contributed by atoms with E-state index in [0.29, 0.717) is 42.1 Å². The Bertz CT molecular complexity index is 1100. The van der Waals surface area contributed by atoms with E-state index in [1.165, 1.54) is 26.2 Å². The number of halogens is 1. The summed E-state index contributed by atoms with van der Waals surface area (Å²) in [5, 5.41) is 0. The zero-order valence-electron chi connectivity index (χ0n) is 16.4. The molecule has 2 aromatic rings. The highest BCUT2D eigenvalue weighted by molar-refractivity contribution is 7.96. The molecule has 1 atom stereocenters. The van der Waals surface area contributed by atoms with Gasteiger partial charge in [-0.15, -0.1) is 11.3 Å². The third-order valence-corrected chi connectivity index (χ3v) is 9.94. The Morgan fingerprint density at radius 3 is 2.48 bits per heavy atom. The second-order valence-electron chi connectivity index (χ2n) is 7.12. The number of benzene rings is 1. The summed E-state index contributed by atoms with van der Waals surface area (Å²) in [5.74, 6) is 0. The summed E-state index contributed by atoms with van der Waals surface area (Å²) in [4.78, 5) is 1.86. The molecule has 1 aromatic heterocycles. The first-order valence-corrected chi connectivity index (χ1v) is 12.8. The van der Waals surface area contributed by atoms with Crippen LogP contribution in [0.5, 0.6) is 0 Å². The molecular weight excluding hydrogens is 437 g/mol. The van der Waals surface area contributed by atoms with Gasteiger partial charge in [0.05, 0.1) is 11.4 Å². The summed E-state index contributed by atoms with van der Waals surface area (Å²) >= 11 is 0.687. The maximum atomic E-state index is 13.9. The lowest BCUT2D eigenvalue weighted by molar-refractivity contribution is 0.287. The van der Waals surface area contributed by atoms with Gasteiger partial charge in [-0.2, -0.15) is 0 Å². The van der Waals surface area contributed by atoms with Gasteiger partial charge in [-0.05, 0) is 43.5 Å². The van der Waals surface area contributed by atoms with Crippen LogP contribution in [-0.2, 0) is 20.0 Å². The predicted molar refractivity (Wildman–Crippen MR) is 114 cm³/mol. The van der Waals surface area contributed by atoms with Crippen LogP contribution in [0.15, 0.2) is 38.8 Å². The number of sulfonamides is 2. The summed E-state index contributed by atoms with van der Waals surface area (Å²) in [6.45, 7) is 2.70. The summed E-state index contributed by atoms with van der Waals surface area (Å²) in [6.07, 6.45) is 0.240. The van der Waals surface area contributed by atoms with Gasteiger partial charge in [0.15, 0.2) is 0 Å². The van der Waals surface area contributed by atoms with Crippen molar-refractivity contribution in [3.63, 3.8) is 0 Å². The number of para-hydroxylation sites is 1. The van der Waals surface area contributed by atoms with Crippen LogP contribution in [0, 0.1) is 6.92 Å². The van der Waals surface area contributed by atoms with Crippen molar-refractivity contribution in [3.8, 4) is 0 Å². The number of nitrogens with one attached hydrogen (secondary N) is 1. The zero-order valence-corrected chi connectivity index (χ0v) is 18.9. The lowest BCUT2D eigenvalue weighted by Gasteiger charge is -2.33. The van der Waals surface area contributed by atoms with Gasteiger partial charge in [0.25, 0.3) is 20.0 Å². The first-order chi connectivity index (χ1) is 13.5. The number of nitrogens with zero attached hydrogens (tertiary/aromatic N) is 2. The second-order valence-corrected chi connectivity index (χ2v) is 12.5. The van der Waals surface area contributed by atoms with Crippen LogP contribution in [0.1, 0.15) is 18.4 Å². The summed E-state index contributed by atoms with van der Waals surface area (Å²) in [5.41, 5.74) is 1.84. The molecule has 1 aromatic carbocycles. The second kappa shape index (κ2) is 8.21. The molecule has 0 radical (unpaired) electrons. The van der Waals surface area contributed by atoms with Crippen molar-refractivity contribution >= 4 is 42.8 Å². The van der Waals surface area contributed by atoms with Crippen LogP contribution in [0.3, 0.4) is 0 Å². The molecule has 1 unspecified atom stereocenters.